The van der Waals surface area contributed by atoms with Gasteiger partial charge in [-0.3, -0.25) is 14.3 Å². The Balaban J connectivity index is 1.53. The van der Waals surface area contributed by atoms with Gasteiger partial charge in [-0.05, 0) is 60.9 Å². The van der Waals surface area contributed by atoms with Gasteiger partial charge in [0.05, 0.1) is 11.3 Å². The van der Waals surface area contributed by atoms with Gasteiger partial charge >= 0.3 is 0 Å². The van der Waals surface area contributed by atoms with Gasteiger partial charge in [-0.25, -0.2) is 8.42 Å². The fourth-order valence-electron chi connectivity index (χ4n) is 3.06. The Morgan fingerprint density at radius 2 is 1.38 bits per heavy atom. The van der Waals surface area contributed by atoms with E-state index in [0.717, 1.165) is 16.7 Å². The normalized spacial score (nSPS) is 11.0. The van der Waals surface area contributed by atoms with Crippen molar-refractivity contribution in [1.29, 1.82) is 0 Å². The van der Waals surface area contributed by atoms with Gasteiger partial charge in [0.1, 0.15) is 0 Å². The van der Waals surface area contributed by atoms with Crippen molar-refractivity contribution in [3.63, 3.8) is 0 Å². The minimum absolute atomic E-state index is 0.153. The number of benzene rings is 3. The zero-order chi connectivity index (χ0) is 23.1. The monoisotopic (exact) mass is 451 g/mol. The fraction of sp³-hybridized carbons (Fsp3) is 0.167. The second kappa shape index (κ2) is 10.1. The highest BCUT2D eigenvalue weighted by Crippen LogP contribution is 2.18. The molecule has 0 bridgehead atoms. The fourth-order valence-corrected chi connectivity index (χ4v) is 4.12. The topological polar surface area (TPSA) is 118 Å². The third kappa shape index (κ3) is 6.68. The number of nitrogens with one attached hydrogen (secondary N) is 2. The van der Waals surface area contributed by atoms with Crippen LogP contribution in [0.15, 0.2) is 77.7 Å². The molecule has 166 valence electrons. The van der Waals surface area contributed by atoms with Crippen molar-refractivity contribution in [1.82, 2.24) is 0 Å². The first-order valence-corrected chi connectivity index (χ1v) is 11.5. The molecule has 32 heavy (non-hydrogen) atoms. The first-order valence-electron chi connectivity index (χ1n) is 10.1. The van der Waals surface area contributed by atoms with Gasteiger partial charge in [0.15, 0.2) is 0 Å². The third-order valence-corrected chi connectivity index (χ3v) is 6.19. The van der Waals surface area contributed by atoms with Gasteiger partial charge in [-0.15, -0.1) is 0 Å². The zero-order valence-electron chi connectivity index (χ0n) is 17.7. The van der Waals surface area contributed by atoms with E-state index in [0.29, 0.717) is 17.8 Å². The Hall–Kier alpha value is -3.65. The van der Waals surface area contributed by atoms with Crippen molar-refractivity contribution < 1.29 is 18.0 Å². The molecule has 2 amide bonds. The minimum Gasteiger partial charge on any atom is -0.369 e. The SMILES string of the molecule is Cc1ccc(NS(=O)(=O)c2ccc(CCC(=O)Nc3ccc(CC(N)=O)cc3)cc2)cc1. The van der Waals surface area contributed by atoms with E-state index in [4.69, 9.17) is 5.73 Å². The summed E-state index contributed by atoms with van der Waals surface area (Å²) in [5.41, 5.74) is 8.97. The van der Waals surface area contributed by atoms with Gasteiger partial charge < -0.3 is 11.1 Å². The summed E-state index contributed by atoms with van der Waals surface area (Å²) in [4.78, 5) is 23.3. The molecule has 3 rings (SSSR count). The Labute approximate surface area is 187 Å². The molecule has 0 unspecified atom stereocenters. The molecule has 8 heteroatoms. The first kappa shape index (κ1) is 23.0. The number of aryl methyl sites for hydroxylation is 2. The van der Waals surface area contributed by atoms with Crippen LogP contribution in [-0.2, 0) is 32.5 Å². The predicted molar refractivity (Wildman–Crippen MR) is 125 cm³/mol. The lowest BCUT2D eigenvalue weighted by Gasteiger charge is -2.09. The van der Waals surface area contributed by atoms with Crippen LogP contribution in [0, 0.1) is 6.92 Å². The number of sulfonamides is 1. The zero-order valence-corrected chi connectivity index (χ0v) is 18.5. The molecule has 3 aromatic rings. The van der Waals surface area contributed by atoms with Gasteiger partial charge in [0.2, 0.25) is 11.8 Å². The van der Waals surface area contributed by atoms with Crippen LogP contribution in [0.4, 0.5) is 11.4 Å². The van der Waals surface area contributed by atoms with Crippen molar-refractivity contribution in [2.24, 2.45) is 5.73 Å². The maximum Gasteiger partial charge on any atom is 0.261 e. The van der Waals surface area contributed by atoms with Crippen LogP contribution in [0.25, 0.3) is 0 Å². The van der Waals surface area contributed by atoms with E-state index in [9.17, 15) is 18.0 Å². The molecule has 0 saturated carbocycles. The highest BCUT2D eigenvalue weighted by Gasteiger charge is 2.14. The van der Waals surface area contributed by atoms with Crippen LogP contribution in [-0.4, -0.2) is 20.2 Å². The van der Waals surface area contributed by atoms with Crippen molar-refractivity contribution in [2.45, 2.75) is 31.1 Å². The number of amides is 2. The van der Waals surface area contributed by atoms with Gasteiger partial charge in [0, 0.05) is 17.8 Å². The molecule has 4 N–H and O–H groups in total. The molecule has 0 aromatic heterocycles. The highest BCUT2D eigenvalue weighted by molar-refractivity contribution is 7.92. The highest BCUT2D eigenvalue weighted by atomic mass is 32.2. The number of nitrogens with two attached hydrogens (primary N) is 1. The van der Waals surface area contributed by atoms with Crippen molar-refractivity contribution in [3.8, 4) is 0 Å². The molecule has 0 fully saturated rings. The molecule has 0 atom stereocenters. The summed E-state index contributed by atoms with van der Waals surface area (Å²) in [6.45, 7) is 1.93. The third-order valence-electron chi connectivity index (χ3n) is 4.79. The summed E-state index contributed by atoms with van der Waals surface area (Å²) in [6, 6.07) is 20.5. The second-order valence-electron chi connectivity index (χ2n) is 7.50. The van der Waals surface area contributed by atoms with Crippen LogP contribution in [0.2, 0.25) is 0 Å². The van der Waals surface area contributed by atoms with Crippen molar-refractivity contribution in [2.75, 3.05) is 10.0 Å². The van der Waals surface area contributed by atoms with Crippen LogP contribution in [0.3, 0.4) is 0 Å². The summed E-state index contributed by atoms with van der Waals surface area (Å²) in [6.07, 6.45) is 0.870. The Kier molecular flexibility index (Phi) is 7.27. The van der Waals surface area contributed by atoms with Gasteiger partial charge in [0.25, 0.3) is 10.0 Å². The first-order chi connectivity index (χ1) is 15.2. The number of rotatable bonds is 9. The number of primary amides is 1. The molecule has 0 aliphatic heterocycles. The molecule has 0 radical (unpaired) electrons. The van der Waals surface area contributed by atoms with E-state index in [1.807, 2.05) is 19.1 Å². The number of anilines is 2. The van der Waals surface area contributed by atoms with Crippen LogP contribution in [0.5, 0.6) is 0 Å². The van der Waals surface area contributed by atoms with Crippen LogP contribution < -0.4 is 15.8 Å². The summed E-state index contributed by atoms with van der Waals surface area (Å²) in [5, 5.41) is 2.80. The molecular formula is C24H25N3O4S. The van der Waals surface area contributed by atoms with Gasteiger partial charge in [-0.2, -0.15) is 0 Å². The Morgan fingerprint density at radius 1 is 0.812 bits per heavy atom. The number of hydrogen-bond acceptors (Lipinski definition) is 4. The summed E-state index contributed by atoms with van der Waals surface area (Å²) in [7, 11) is -3.68. The van der Waals surface area contributed by atoms with E-state index < -0.39 is 15.9 Å². The largest absolute Gasteiger partial charge is 0.369 e. The Bertz CT molecular complexity index is 1190. The lowest BCUT2D eigenvalue weighted by Crippen LogP contribution is -2.14. The lowest BCUT2D eigenvalue weighted by atomic mass is 10.1. The summed E-state index contributed by atoms with van der Waals surface area (Å²) in [5.74, 6) is -0.572. The van der Waals surface area contributed by atoms with E-state index in [1.165, 1.54) is 12.1 Å². The summed E-state index contributed by atoms with van der Waals surface area (Å²) >= 11 is 0. The predicted octanol–water partition coefficient (Wildman–Crippen LogP) is 3.39. The molecule has 0 spiro atoms. The molecule has 3 aromatic carbocycles. The standard InChI is InChI=1S/C24H25N3O4S/c1-17-2-9-21(10-3-17)27-32(30,31)22-13-6-18(7-14-22)8-15-24(29)26-20-11-4-19(5-12-20)16-23(25)28/h2-7,9-14,27H,8,15-16H2,1H3,(H2,25,28)(H,26,29). The van der Waals surface area contributed by atoms with E-state index in [2.05, 4.69) is 10.0 Å². The van der Waals surface area contributed by atoms with E-state index in [-0.39, 0.29) is 23.6 Å². The second-order valence-corrected chi connectivity index (χ2v) is 9.19. The van der Waals surface area contributed by atoms with Crippen LogP contribution in [0.1, 0.15) is 23.1 Å². The smallest absolute Gasteiger partial charge is 0.261 e. The van der Waals surface area contributed by atoms with E-state index >= 15 is 0 Å². The average molecular weight is 452 g/mol. The average Bonchev–Trinajstić information content (AvgIpc) is 2.75. The lowest BCUT2D eigenvalue weighted by molar-refractivity contribution is -0.117. The summed E-state index contributed by atoms with van der Waals surface area (Å²) < 4.78 is 27.7. The molecule has 7 nitrogen and oxygen atoms in total. The maximum atomic E-state index is 12.5. The van der Waals surface area contributed by atoms with Crippen molar-refractivity contribution >= 4 is 33.2 Å². The minimum atomic E-state index is -3.68. The van der Waals surface area contributed by atoms with E-state index in [1.54, 1.807) is 48.5 Å². The molecule has 0 aliphatic carbocycles. The maximum absolute atomic E-state index is 12.5. The van der Waals surface area contributed by atoms with Gasteiger partial charge in [-0.1, -0.05) is 42.0 Å². The molecule has 0 aliphatic rings. The Morgan fingerprint density at radius 3 is 1.97 bits per heavy atom. The number of carbonyl (C=O) groups is 2. The molecular weight excluding hydrogens is 426 g/mol. The quantitative estimate of drug-likeness (QED) is 0.462. The number of hydrogen-bond donors (Lipinski definition) is 3. The molecule has 0 saturated heterocycles. The van der Waals surface area contributed by atoms with Crippen LogP contribution >= 0.6 is 0 Å². The van der Waals surface area contributed by atoms with Crippen molar-refractivity contribution in [3.05, 3.63) is 89.5 Å². The number of carbonyl (C=O) groups excluding carboxylic acids is 2. The molecule has 0 heterocycles.